The van der Waals surface area contributed by atoms with Crippen LogP contribution >= 0.6 is 24.0 Å². The molecule has 0 aliphatic heterocycles. The molecule has 11 heteroatoms. The molecule has 0 spiro atoms. The number of rotatable bonds is 6. The highest BCUT2D eigenvalue weighted by atomic mass is 35.5. The van der Waals surface area contributed by atoms with Crippen LogP contribution in [0.3, 0.4) is 0 Å². The normalized spacial score (nSPS) is 17.3. The van der Waals surface area contributed by atoms with E-state index in [1.165, 1.54) is 25.4 Å². The summed E-state index contributed by atoms with van der Waals surface area (Å²) < 4.78 is 10.6. The van der Waals surface area contributed by atoms with Gasteiger partial charge in [0.1, 0.15) is 17.1 Å². The van der Waals surface area contributed by atoms with E-state index in [9.17, 15) is 14.4 Å². The third-order valence-electron chi connectivity index (χ3n) is 6.04. The van der Waals surface area contributed by atoms with Gasteiger partial charge in [-0.05, 0) is 63.1 Å². The van der Waals surface area contributed by atoms with Crippen molar-refractivity contribution in [1.29, 1.82) is 0 Å². The first-order valence-corrected chi connectivity index (χ1v) is 11.3. The number of hydrogen-bond acceptors (Lipinski definition) is 7. The van der Waals surface area contributed by atoms with Crippen LogP contribution in [0.5, 0.6) is 0 Å². The summed E-state index contributed by atoms with van der Waals surface area (Å²) in [5.41, 5.74) is 0.816. The van der Waals surface area contributed by atoms with Crippen molar-refractivity contribution in [3.63, 3.8) is 0 Å². The summed E-state index contributed by atoms with van der Waals surface area (Å²) >= 11 is 5.86. The number of carbonyl (C=O) groups is 3. The van der Waals surface area contributed by atoms with Crippen molar-refractivity contribution < 1.29 is 23.5 Å². The summed E-state index contributed by atoms with van der Waals surface area (Å²) in [5, 5.41) is 9.64. The van der Waals surface area contributed by atoms with Crippen LogP contribution in [0.4, 0.5) is 11.5 Å². The predicted octanol–water partition coefficient (Wildman–Crippen LogP) is 4.66. The second-order valence-electron chi connectivity index (χ2n) is 8.15. The number of carbonyl (C=O) groups excluding carboxylic acids is 3. The molecule has 2 heterocycles. The van der Waals surface area contributed by atoms with Crippen molar-refractivity contribution >= 4 is 64.3 Å². The van der Waals surface area contributed by atoms with Crippen molar-refractivity contribution in [3.05, 3.63) is 52.9 Å². The molecule has 3 aromatic rings. The number of nitrogens with zero attached hydrogens (tertiary/aromatic N) is 1. The maximum absolute atomic E-state index is 13.1. The molecule has 4 rings (SSSR count). The first kappa shape index (κ1) is 26.5. The number of aromatic nitrogens is 1. The van der Waals surface area contributed by atoms with Gasteiger partial charge < -0.3 is 25.1 Å². The highest BCUT2D eigenvalue weighted by molar-refractivity contribution is 6.30. The monoisotopic (exact) mass is 520 g/mol. The highest BCUT2D eigenvalue weighted by Gasteiger charge is 2.29. The Balaban J connectivity index is 0.00000342. The molecular formula is C24H26Cl2N4O5. The molecule has 0 atom stereocenters. The minimum atomic E-state index is -0.597. The lowest BCUT2D eigenvalue weighted by atomic mass is 9.85. The van der Waals surface area contributed by atoms with E-state index < -0.39 is 11.9 Å². The zero-order valence-corrected chi connectivity index (χ0v) is 20.8. The molecule has 0 saturated heterocycles. The van der Waals surface area contributed by atoms with Gasteiger partial charge in [-0.2, -0.15) is 0 Å². The van der Waals surface area contributed by atoms with E-state index in [2.05, 4.69) is 20.9 Å². The average molecular weight is 521 g/mol. The van der Waals surface area contributed by atoms with E-state index >= 15 is 0 Å². The number of methoxy groups -OCH3 is 1. The lowest BCUT2D eigenvalue weighted by molar-refractivity contribution is -0.120. The Morgan fingerprint density at radius 3 is 2.46 bits per heavy atom. The lowest BCUT2D eigenvalue weighted by Crippen LogP contribution is -2.34. The molecule has 1 saturated carbocycles. The van der Waals surface area contributed by atoms with Gasteiger partial charge in [0.05, 0.1) is 17.7 Å². The third-order valence-corrected chi connectivity index (χ3v) is 6.26. The fourth-order valence-electron chi connectivity index (χ4n) is 4.12. The second kappa shape index (κ2) is 11.5. The summed E-state index contributed by atoms with van der Waals surface area (Å²) in [5.74, 6) is -1.34. The molecule has 1 aromatic carbocycles. The molecule has 1 aliphatic rings. The van der Waals surface area contributed by atoms with E-state index in [0.717, 1.165) is 25.7 Å². The Labute approximate surface area is 213 Å². The summed E-state index contributed by atoms with van der Waals surface area (Å²) in [7, 11) is 3.20. The molecule has 2 amide bonds. The number of benzene rings is 1. The van der Waals surface area contributed by atoms with Gasteiger partial charge in [0.2, 0.25) is 11.7 Å². The molecule has 35 heavy (non-hydrogen) atoms. The van der Waals surface area contributed by atoms with Crippen LogP contribution in [0.15, 0.2) is 40.9 Å². The number of pyridine rings is 1. The van der Waals surface area contributed by atoms with Crippen LogP contribution in [-0.2, 0) is 9.53 Å². The number of fused-ring (bicyclic) bond motifs is 1. The number of anilines is 2. The van der Waals surface area contributed by atoms with E-state index in [1.807, 2.05) is 7.05 Å². The predicted molar refractivity (Wildman–Crippen MR) is 135 cm³/mol. The standard InChI is InChI=1S/C24H25ClN4O5.ClH/c1-26-16-7-3-13(4-8-16)22(30)29-20-17-11-14(24(32)33-2)5-9-18(17)34-21(20)23(31)28-19-10-6-15(25)12-27-19;/h5-6,9-13,16,26H,3-4,7-8H2,1-2H3,(H,29,30)(H,27,28,31);1H. The van der Waals surface area contributed by atoms with Gasteiger partial charge >= 0.3 is 5.97 Å². The molecule has 0 bridgehead atoms. The van der Waals surface area contributed by atoms with E-state index in [0.29, 0.717) is 22.0 Å². The smallest absolute Gasteiger partial charge is 0.337 e. The molecule has 3 N–H and O–H groups in total. The van der Waals surface area contributed by atoms with Gasteiger partial charge in [-0.25, -0.2) is 9.78 Å². The van der Waals surface area contributed by atoms with Gasteiger partial charge in [0.15, 0.2) is 0 Å². The van der Waals surface area contributed by atoms with Crippen LogP contribution < -0.4 is 16.0 Å². The van der Waals surface area contributed by atoms with Crippen LogP contribution in [0.2, 0.25) is 5.02 Å². The third kappa shape index (κ3) is 5.93. The van der Waals surface area contributed by atoms with E-state index in [1.54, 1.807) is 18.2 Å². The SMILES string of the molecule is CNC1CCC(C(=O)Nc2c(C(=O)Nc3ccc(Cl)cn3)oc3ccc(C(=O)OC)cc23)CC1.Cl. The quantitative estimate of drug-likeness (QED) is 0.404. The first-order valence-electron chi connectivity index (χ1n) is 11.0. The van der Waals surface area contributed by atoms with E-state index in [-0.39, 0.29) is 47.1 Å². The summed E-state index contributed by atoms with van der Waals surface area (Å²) in [4.78, 5) is 42.3. The van der Waals surface area contributed by atoms with E-state index in [4.69, 9.17) is 20.8 Å². The molecule has 2 aromatic heterocycles. The number of esters is 1. The summed E-state index contributed by atoms with van der Waals surface area (Å²) in [6.45, 7) is 0. The van der Waals surface area contributed by atoms with Crippen molar-refractivity contribution in [2.75, 3.05) is 24.8 Å². The Morgan fingerprint density at radius 2 is 1.83 bits per heavy atom. The molecular weight excluding hydrogens is 495 g/mol. The number of furan rings is 1. The molecule has 1 fully saturated rings. The fourth-order valence-corrected chi connectivity index (χ4v) is 4.23. The largest absolute Gasteiger partial charge is 0.465 e. The van der Waals surface area contributed by atoms with Gasteiger partial charge in [-0.3, -0.25) is 9.59 Å². The number of halogens is 2. The number of hydrogen-bond donors (Lipinski definition) is 3. The van der Waals surface area contributed by atoms with Crippen LogP contribution in [-0.4, -0.2) is 43.0 Å². The molecule has 0 unspecified atom stereocenters. The zero-order valence-electron chi connectivity index (χ0n) is 19.2. The van der Waals surface area contributed by atoms with Gasteiger partial charge in [-0.15, -0.1) is 12.4 Å². The van der Waals surface area contributed by atoms with Crippen LogP contribution in [0.1, 0.15) is 46.6 Å². The van der Waals surface area contributed by atoms with Crippen molar-refractivity contribution in [3.8, 4) is 0 Å². The van der Waals surface area contributed by atoms with Gasteiger partial charge in [0, 0.05) is 23.5 Å². The van der Waals surface area contributed by atoms with Crippen LogP contribution in [0.25, 0.3) is 11.0 Å². The van der Waals surface area contributed by atoms with Crippen molar-refractivity contribution in [2.24, 2.45) is 5.92 Å². The minimum Gasteiger partial charge on any atom is -0.465 e. The Bertz CT molecular complexity index is 1220. The molecule has 1 aliphatic carbocycles. The van der Waals surface area contributed by atoms with Crippen molar-refractivity contribution in [1.82, 2.24) is 10.3 Å². The summed E-state index contributed by atoms with van der Waals surface area (Å²) in [6.07, 6.45) is 4.65. The minimum absolute atomic E-state index is 0. The topological polar surface area (TPSA) is 123 Å². The van der Waals surface area contributed by atoms with Crippen LogP contribution in [0, 0.1) is 5.92 Å². The van der Waals surface area contributed by atoms with Gasteiger partial charge in [0.25, 0.3) is 5.91 Å². The Hall–Kier alpha value is -3.14. The summed E-state index contributed by atoms with van der Waals surface area (Å²) in [6, 6.07) is 8.17. The average Bonchev–Trinajstić information content (AvgIpc) is 3.22. The maximum Gasteiger partial charge on any atom is 0.337 e. The molecule has 9 nitrogen and oxygen atoms in total. The molecule has 186 valence electrons. The number of amides is 2. The maximum atomic E-state index is 13.1. The lowest BCUT2D eigenvalue weighted by Gasteiger charge is -2.27. The number of nitrogens with one attached hydrogen (secondary N) is 3. The van der Waals surface area contributed by atoms with Gasteiger partial charge in [-0.1, -0.05) is 11.6 Å². The van der Waals surface area contributed by atoms with Crippen molar-refractivity contribution in [2.45, 2.75) is 31.7 Å². The highest BCUT2D eigenvalue weighted by Crippen LogP contribution is 2.34. The number of ether oxygens (including phenoxy) is 1. The zero-order chi connectivity index (χ0) is 24.2. The fraction of sp³-hybridized carbons (Fsp3) is 0.333. The Morgan fingerprint density at radius 1 is 1.09 bits per heavy atom. The molecule has 0 radical (unpaired) electrons. The first-order chi connectivity index (χ1) is 16.4. The second-order valence-corrected chi connectivity index (χ2v) is 8.59. The Kier molecular flexibility index (Phi) is 8.71.